The van der Waals surface area contributed by atoms with Crippen LogP contribution < -0.4 is 0 Å². The van der Waals surface area contributed by atoms with Gasteiger partial charge in [0, 0.05) is 31.2 Å². The van der Waals surface area contributed by atoms with Gasteiger partial charge >= 0.3 is 0 Å². The molecule has 0 radical (unpaired) electrons. The molecule has 5 heteroatoms. The summed E-state index contributed by atoms with van der Waals surface area (Å²) in [5.74, 6) is 1.69. The average molecular weight is 420 g/mol. The van der Waals surface area contributed by atoms with Crippen LogP contribution in [0.25, 0.3) is 22.2 Å². The van der Waals surface area contributed by atoms with E-state index in [1.807, 2.05) is 0 Å². The summed E-state index contributed by atoms with van der Waals surface area (Å²) in [5.41, 5.74) is 2.16. The van der Waals surface area contributed by atoms with E-state index < -0.39 is 0 Å². The Kier molecular flexibility index (Phi) is 6.35. The highest BCUT2D eigenvalue weighted by molar-refractivity contribution is 5.94. The molecular weight excluding hydrogens is 386 g/mol. The normalized spacial score (nSPS) is 21.0. The molecular formula is C26H33N3O2. The molecule has 0 N–H and O–H groups in total. The molecule has 5 rings (SSSR count). The number of nitrogens with zero attached hydrogens (tertiary/aromatic N) is 3. The molecule has 5 nitrogen and oxygen atoms in total. The lowest BCUT2D eigenvalue weighted by molar-refractivity contribution is 0.0301. The van der Waals surface area contributed by atoms with Crippen molar-refractivity contribution in [2.24, 2.45) is 0 Å². The third-order valence-electron chi connectivity index (χ3n) is 6.90. The molecule has 2 aliphatic rings. The van der Waals surface area contributed by atoms with Crippen molar-refractivity contribution in [3.8, 4) is 11.5 Å². The molecule has 0 bridgehead atoms. The monoisotopic (exact) mass is 419 g/mol. The first kappa shape index (κ1) is 20.7. The third kappa shape index (κ3) is 4.69. The summed E-state index contributed by atoms with van der Waals surface area (Å²) >= 11 is 0. The first-order valence-electron chi connectivity index (χ1n) is 11.8. The molecule has 2 fully saturated rings. The maximum Gasteiger partial charge on any atom is 0.227 e. The van der Waals surface area contributed by atoms with Crippen molar-refractivity contribution in [1.29, 1.82) is 0 Å². The lowest BCUT2D eigenvalue weighted by Gasteiger charge is -2.37. The zero-order valence-corrected chi connectivity index (χ0v) is 18.6. The Hall–Kier alpha value is -2.21. The molecule has 1 unspecified atom stereocenters. The minimum atomic E-state index is 0.633. The molecule has 0 aliphatic carbocycles. The highest BCUT2D eigenvalue weighted by atomic mass is 16.5. The predicted molar refractivity (Wildman–Crippen MR) is 124 cm³/mol. The van der Waals surface area contributed by atoms with Crippen LogP contribution in [0, 0.1) is 6.92 Å². The molecule has 3 aromatic rings. The summed E-state index contributed by atoms with van der Waals surface area (Å²) in [6.45, 7) is 9.17. The van der Waals surface area contributed by atoms with Crippen LogP contribution in [-0.4, -0.2) is 60.2 Å². The summed E-state index contributed by atoms with van der Waals surface area (Å²) in [7, 11) is 0. The van der Waals surface area contributed by atoms with Gasteiger partial charge in [-0.1, -0.05) is 42.8 Å². The Bertz CT molecular complexity index is 1000. The van der Waals surface area contributed by atoms with Crippen molar-refractivity contribution in [2.45, 2.75) is 45.2 Å². The van der Waals surface area contributed by atoms with Crippen molar-refractivity contribution in [3.05, 3.63) is 53.9 Å². The van der Waals surface area contributed by atoms with Crippen molar-refractivity contribution in [1.82, 2.24) is 14.8 Å². The van der Waals surface area contributed by atoms with E-state index in [9.17, 15) is 0 Å². The molecule has 0 amide bonds. The van der Waals surface area contributed by atoms with Gasteiger partial charge < -0.3 is 9.15 Å². The molecule has 2 aliphatic heterocycles. The fraction of sp³-hybridized carbons (Fsp3) is 0.500. The number of aryl methyl sites for hydroxylation is 1. The van der Waals surface area contributed by atoms with E-state index in [4.69, 9.17) is 14.1 Å². The first-order valence-corrected chi connectivity index (χ1v) is 11.8. The number of hydrogen-bond acceptors (Lipinski definition) is 5. The van der Waals surface area contributed by atoms with Crippen LogP contribution in [0.4, 0.5) is 0 Å². The molecule has 0 saturated carbocycles. The second-order valence-corrected chi connectivity index (χ2v) is 8.91. The lowest BCUT2D eigenvalue weighted by Crippen LogP contribution is -2.43. The zero-order valence-electron chi connectivity index (χ0n) is 18.6. The van der Waals surface area contributed by atoms with E-state index in [1.54, 1.807) is 0 Å². The van der Waals surface area contributed by atoms with Crippen LogP contribution >= 0.6 is 0 Å². The number of oxazole rings is 1. The SMILES string of the molecule is Cc1oc(-c2cccc3ccccc23)nc1CN1CCCCC1CCN1CCOCC1. The molecule has 2 saturated heterocycles. The topological polar surface area (TPSA) is 41.7 Å². The maximum absolute atomic E-state index is 6.18. The second-order valence-electron chi connectivity index (χ2n) is 8.91. The van der Waals surface area contributed by atoms with Gasteiger partial charge in [-0.15, -0.1) is 0 Å². The van der Waals surface area contributed by atoms with E-state index in [1.165, 1.54) is 43.0 Å². The van der Waals surface area contributed by atoms with Crippen LogP contribution in [0.3, 0.4) is 0 Å². The van der Waals surface area contributed by atoms with Crippen molar-refractivity contribution in [3.63, 3.8) is 0 Å². The number of piperidine rings is 1. The van der Waals surface area contributed by atoms with Gasteiger partial charge in [0.1, 0.15) is 5.76 Å². The summed E-state index contributed by atoms with van der Waals surface area (Å²) in [5, 5.41) is 2.41. The molecule has 164 valence electrons. The number of morpholine rings is 1. The van der Waals surface area contributed by atoms with E-state index in [0.29, 0.717) is 6.04 Å². The fourth-order valence-corrected chi connectivity index (χ4v) is 5.05. The van der Waals surface area contributed by atoms with Gasteiger partial charge in [-0.25, -0.2) is 4.98 Å². The van der Waals surface area contributed by atoms with Crippen LogP contribution in [0.2, 0.25) is 0 Å². The average Bonchev–Trinajstić information content (AvgIpc) is 3.18. The van der Waals surface area contributed by atoms with Gasteiger partial charge in [-0.2, -0.15) is 0 Å². The number of likely N-dealkylation sites (tertiary alicyclic amines) is 1. The van der Waals surface area contributed by atoms with Crippen LogP contribution in [-0.2, 0) is 11.3 Å². The first-order chi connectivity index (χ1) is 15.3. The molecule has 1 aromatic heterocycles. The number of benzene rings is 2. The Morgan fingerprint density at radius 1 is 1.00 bits per heavy atom. The smallest absolute Gasteiger partial charge is 0.227 e. The van der Waals surface area contributed by atoms with Crippen molar-refractivity contribution in [2.75, 3.05) is 39.4 Å². The lowest BCUT2D eigenvalue weighted by atomic mass is 9.98. The summed E-state index contributed by atoms with van der Waals surface area (Å²) in [6, 6.07) is 15.4. The van der Waals surface area contributed by atoms with Gasteiger partial charge in [0.15, 0.2) is 0 Å². The molecule has 31 heavy (non-hydrogen) atoms. The summed E-state index contributed by atoms with van der Waals surface area (Å²) in [6.07, 6.45) is 5.13. The van der Waals surface area contributed by atoms with Gasteiger partial charge in [0.25, 0.3) is 0 Å². The number of aromatic nitrogens is 1. The number of fused-ring (bicyclic) bond motifs is 1. The number of ether oxygens (including phenoxy) is 1. The summed E-state index contributed by atoms with van der Waals surface area (Å²) < 4.78 is 11.7. The number of hydrogen-bond donors (Lipinski definition) is 0. The maximum atomic E-state index is 6.18. The Morgan fingerprint density at radius 3 is 2.74 bits per heavy atom. The van der Waals surface area contributed by atoms with Crippen LogP contribution in [0.1, 0.15) is 37.1 Å². The fourth-order valence-electron chi connectivity index (χ4n) is 5.05. The predicted octanol–water partition coefficient (Wildman–Crippen LogP) is 4.88. The van der Waals surface area contributed by atoms with E-state index in [-0.39, 0.29) is 0 Å². The van der Waals surface area contributed by atoms with Gasteiger partial charge in [-0.05, 0) is 56.1 Å². The van der Waals surface area contributed by atoms with E-state index >= 15 is 0 Å². The van der Waals surface area contributed by atoms with E-state index in [2.05, 4.69) is 59.2 Å². The second kappa shape index (κ2) is 9.51. The minimum Gasteiger partial charge on any atom is -0.441 e. The minimum absolute atomic E-state index is 0.633. The third-order valence-corrected chi connectivity index (χ3v) is 6.90. The van der Waals surface area contributed by atoms with Gasteiger partial charge in [0.05, 0.1) is 18.9 Å². The number of rotatable bonds is 6. The van der Waals surface area contributed by atoms with Crippen molar-refractivity contribution < 1.29 is 9.15 Å². The molecule has 2 aromatic carbocycles. The van der Waals surface area contributed by atoms with Gasteiger partial charge in [-0.3, -0.25) is 9.80 Å². The van der Waals surface area contributed by atoms with Crippen molar-refractivity contribution >= 4 is 10.8 Å². The Morgan fingerprint density at radius 2 is 1.84 bits per heavy atom. The van der Waals surface area contributed by atoms with Crippen LogP contribution in [0.5, 0.6) is 0 Å². The zero-order chi connectivity index (χ0) is 21.0. The highest BCUT2D eigenvalue weighted by Gasteiger charge is 2.25. The quantitative estimate of drug-likeness (QED) is 0.570. The van der Waals surface area contributed by atoms with Gasteiger partial charge in [0.2, 0.25) is 5.89 Å². The largest absolute Gasteiger partial charge is 0.441 e. The van der Waals surface area contributed by atoms with E-state index in [0.717, 1.165) is 62.3 Å². The van der Waals surface area contributed by atoms with Crippen LogP contribution in [0.15, 0.2) is 46.9 Å². The Labute approximate surface area is 185 Å². The molecule has 0 spiro atoms. The highest BCUT2D eigenvalue weighted by Crippen LogP contribution is 2.30. The molecule has 3 heterocycles. The Balaban J connectivity index is 1.31. The standard InChI is InChI=1S/C26H33N3O2/c1-20-25(27-26(31-20)24-11-6-8-21-7-2-3-10-23(21)24)19-29-13-5-4-9-22(29)12-14-28-15-17-30-18-16-28/h2-3,6-8,10-11,22H,4-5,9,12-19H2,1H3. The molecule has 1 atom stereocenters. The summed E-state index contributed by atoms with van der Waals surface area (Å²) in [4.78, 5) is 10.2.